The van der Waals surface area contributed by atoms with Crippen LogP contribution in [0.3, 0.4) is 0 Å². The minimum Gasteiger partial charge on any atom is -0.296 e. The van der Waals surface area contributed by atoms with Crippen LogP contribution >= 0.6 is 0 Å². The van der Waals surface area contributed by atoms with Crippen LogP contribution < -0.4 is 0 Å². The molecule has 0 saturated heterocycles. The maximum absolute atomic E-state index is 13.5. The topological polar surface area (TPSA) is 17.1 Å². The second-order valence-corrected chi connectivity index (χ2v) is 3.79. The van der Waals surface area contributed by atoms with Gasteiger partial charge in [-0.15, -0.1) is 0 Å². The van der Waals surface area contributed by atoms with Gasteiger partial charge in [0.05, 0.1) is 0 Å². The van der Waals surface area contributed by atoms with Crippen molar-refractivity contribution in [3.63, 3.8) is 0 Å². The number of carbonyl (C=O) groups excluding carboxylic acids is 1. The van der Waals surface area contributed by atoms with Crippen LogP contribution in [0.25, 0.3) is 11.1 Å². The molecule has 0 heterocycles. The maximum atomic E-state index is 13.5. The zero-order chi connectivity index (χ0) is 13.2. The van der Waals surface area contributed by atoms with Crippen LogP contribution in [0.15, 0.2) is 48.5 Å². The summed E-state index contributed by atoms with van der Waals surface area (Å²) in [6.45, 7) is 0. The third-order valence-electron chi connectivity index (χ3n) is 2.59. The van der Waals surface area contributed by atoms with Crippen molar-refractivity contribution in [3.8, 4) is 11.1 Å². The Kier molecular flexibility index (Phi) is 3.19. The summed E-state index contributed by atoms with van der Waals surface area (Å²) in [6, 6.07) is 10.8. The van der Waals surface area contributed by atoms with Crippen LogP contribution in [-0.4, -0.2) is 6.29 Å². The summed E-state index contributed by atoms with van der Waals surface area (Å²) in [5, 5.41) is 0. The van der Waals surface area contributed by atoms with E-state index < -0.39 is 18.0 Å². The van der Waals surface area contributed by atoms with E-state index in [1.165, 1.54) is 42.5 Å². The Morgan fingerprint density at radius 2 is 1.56 bits per heavy atom. The maximum Gasteiger partial charge on any atom is 0.328 e. The van der Waals surface area contributed by atoms with E-state index in [9.17, 15) is 18.0 Å². The van der Waals surface area contributed by atoms with Crippen LogP contribution in [0.4, 0.5) is 13.2 Å². The molecule has 0 aliphatic heterocycles. The van der Waals surface area contributed by atoms with Crippen molar-refractivity contribution in [1.82, 2.24) is 0 Å². The van der Waals surface area contributed by atoms with Gasteiger partial charge in [0.15, 0.2) is 6.29 Å². The summed E-state index contributed by atoms with van der Waals surface area (Å²) in [6.07, 6.45) is -0.393. The fourth-order valence-electron chi connectivity index (χ4n) is 1.72. The van der Waals surface area contributed by atoms with E-state index in [0.717, 1.165) is 0 Å². The molecule has 0 fully saturated rings. The Hall–Kier alpha value is -2.10. The Morgan fingerprint density at radius 1 is 0.944 bits per heavy atom. The van der Waals surface area contributed by atoms with Crippen LogP contribution in [0.1, 0.15) is 5.56 Å². The lowest BCUT2D eigenvalue weighted by atomic mass is 9.96. The molecular formula is C14H9F3O. The van der Waals surface area contributed by atoms with Crippen molar-refractivity contribution in [2.24, 2.45) is 0 Å². The predicted molar refractivity (Wildman–Crippen MR) is 61.8 cm³/mol. The van der Waals surface area contributed by atoms with Gasteiger partial charge in [0.25, 0.3) is 0 Å². The normalized spacial score (nSPS) is 11.3. The summed E-state index contributed by atoms with van der Waals surface area (Å²) in [5.74, 6) is -4.00. The van der Waals surface area contributed by atoms with E-state index in [1.54, 1.807) is 6.07 Å². The van der Waals surface area contributed by atoms with Gasteiger partial charge in [-0.25, -0.2) is 4.39 Å². The number of benzene rings is 2. The fraction of sp³-hybridized carbons (Fsp3) is 0.0714. The minimum absolute atomic E-state index is 0.217. The largest absolute Gasteiger partial charge is 0.328 e. The highest BCUT2D eigenvalue weighted by atomic mass is 19.3. The zero-order valence-electron chi connectivity index (χ0n) is 9.24. The van der Waals surface area contributed by atoms with E-state index in [1.807, 2.05) is 0 Å². The van der Waals surface area contributed by atoms with Gasteiger partial charge in [0.1, 0.15) is 5.82 Å². The van der Waals surface area contributed by atoms with Gasteiger partial charge in [-0.3, -0.25) is 4.79 Å². The average Bonchev–Trinajstić information content (AvgIpc) is 2.40. The van der Waals surface area contributed by atoms with Gasteiger partial charge in [-0.05, 0) is 23.3 Å². The summed E-state index contributed by atoms with van der Waals surface area (Å²) in [7, 11) is 0. The molecule has 2 rings (SSSR count). The van der Waals surface area contributed by atoms with Gasteiger partial charge >= 0.3 is 5.92 Å². The first kappa shape index (κ1) is 12.4. The standard InChI is InChI=1S/C14H9F3O/c15-11-7-5-10(6-8-11)12-3-1-2-4-13(12)14(16,17)9-18/h1-9H. The van der Waals surface area contributed by atoms with E-state index in [4.69, 9.17) is 0 Å². The summed E-state index contributed by atoms with van der Waals surface area (Å²) in [5.41, 5.74) is 0.273. The molecule has 4 heteroatoms. The number of aldehydes is 1. The third kappa shape index (κ3) is 2.27. The summed E-state index contributed by atoms with van der Waals surface area (Å²) < 4.78 is 39.7. The predicted octanol–water partition coefficient (Wildman–Crippen LogP) is 3.78. The molecule has 0 bridgehead atoms. The Morgan fingerprint density at radius 3 is 2.17 bits per heavy atom. The molecule has 2 aromatic rings. The molecule has 0 N–H and O–H groups in total. The number of halogens is 3. The molecule has 0 atom stereocenters. The smallest absolute Gasteiger partial charge is 0.296 e. The lowest BCUT2D eigenvalue weighted by Crippen LogP contribution is -2.16. The second kappa shape index (κ2) is 4.64. The monoisotopic (exact) mass is 250 g/mol. The molecule has 0 amide bonds. The third-order valence-corrected chi connectivity index (χ3v) is 2.59. The number of alkyl halides is 2. The van der Waals surface area contributed by atoms with Crippen molar-refractivity contribution < 1.29 is 18.0 Å². The molecule has 0 spiro atoms. The number of carbonyl (C=O) groups is 1. The van der Waals surface area contributed by atoms with Crippen LogP contribution in [-0.2, 0) is 10.7 Å². The zero-order valence-corrected chi connectivity index (χ0v) is 9.24. The lowest BCUT2D eigenvalue weighted by molar-refractivity contribution is -0.130. The van der Waals surface area contributed by atoms with Gasteiger partial charge in [-0.1, -0.05) is 36.4 Å². The fourth-order valence-corrected chi connectivity index (χ4v) is 1.72. The average molecular weight is 250 g/mol. The molecule has 0 aliphatic carbocycles. The quantitative estimate of drug-likeness (QED) is 0.757. The minimum atomic E-state index is -3.55. The summed E-state index contributed by atoms with van der Waals surface area (Å²) in [4.78, 5) is 10.5. The molecule has 0 unspecified atom stereocenters. The van der Waals surface area contributed by atoms with Crippen molar-refractivity contribution in [2.75, 3.05) is 0 Å². The molecule has 0 saturated carbocycles. The Bertz CT molecular complexity index is 562. The Labute approximate surface area is 102 Å². The first-order valence-electron chi connectivity index (χ1n) is 5.24. The highest BCUT2D eigenvalue weighted by molar-refractivity contribution is 5.75. The Balaban J connectivity index is 2.58. The van der Waals surface area contributed by atoms with Gasteiger partial charge < -0.3 is 0 Å². The number of hydrogen-bond donors (Lipinski definition) is 0. The van der Waals surface area contributed by atoms with Crippen molar-refractivity contribution in [3.05, 3.63) is 59.9 Å². The van der Waals surface area contributed by atoms with E-state index >= 15 is 0 Å². The molecule has 1 nitrogen and oxygen atoms in total. The van der Waals surface area contributed by atoms with Gasteiger partial charge in [-0.2, -0.15) is 8.78 Å². The van der Waals surface area contributed by atoms with E-state index in [-0.39, 0.29) is 11.1 Å². The van der Waals surface area contributed by atoms with Crippen LogP contribution in [0.5, 0.6) is 0 Å². The van der Waals surface area contributed by atoms with Crippen molar-refractivity contribution >= 4 is 6.29 Å². The molecule has 0 radical (unpaired) electrons. The molecule has 18 heavy (non-hydrogen) atoms. The first-order valence-corrected chi connectivity index (χ1v) is 5.24. The molecule has 0 aliphatic rings. The van der Waals surface area contributed by atoms with Crippen molar-refractivity contribution in [2.45, 2.75) is 5.92 Å². The van der Waals surface area contributed by atoms with E-state index in [0.29, 0.717) is 5.56 Å². The highest BCUT2D eigenvalue weighted by Gasteiger charge is 2.33. The number of rotatable bonds is 3. The highest BCUT2D eigenvalue weighted by Crippen LogP contribution is 2.34. The van der Waals surface area contributed by atoms with Crippen LogP contribution in [0.2, 0.25) is 0 Å². The first-order chi connectivity index (χ1) is 8.54. The van der Waals surface area contributed by atoms with E-state index in [2.05, 4.69) is 0 Å². The SMILES string of the molecule is O=CC(F)(F)c1ccccc1-c1ccc(F)cc1. The second-order valence-electron chi connectivity index (χ2n) is 3.79. The number of hydrogen-bond acceptors (Lipinski definition) is 1. The lowest BCUT2D eigenvalue weighted by Gasteiger charge is -2.14. The van der Waals surface area contributed by atoms with Gasteiger partial charge in [0, 0.05) is 5.56 Å². The van der Waals surface area contributed by atoms with Crippen molar-refractivity contribution in [1.29, 1.82) is 0 Å². The molecule has 2 aromatic carbocycles. The van der Waals surface area contributed by atoms with Crippen LogP contribution in [0, 0.1) is 5.82 Å². The molecule has 92 valence electrons. The summed E-state index contributed by atoms with van der Waals surface area (Å²) >= 11 is 0. The van der Waals surface area contributed by atoms with Gasteiger partial charge in [0.2, 0.25) is 0 Å². The molecule has 0 aromatic heterocycles. The molecular weight excluding hydrogens is 241 g/mol.